The van der Waals surface area contributed by atoms with Crippen LogP contribution >= 0.6 is 11.6 Å². The van der Waals surface area contributed by atoms with Crippen molar-refractivity contribution in [1.82, 2.24) is 5.01 Å². The maximum Gasteiger partial charge on any atom is 0.263 e. The molecule has 5 nitrogen and oxygen atoms in total. The Balaban J connectivity index is 1.71. The Hall–Kier alpha value is -2.66. The van der Waals surface area contributed by atoms with Gasteiger partial charge in [-0.15, -0.1) is 0 Å². The molecule has 0 aromatic heterocycles. The van der Waals surface area contributed by atoms with Crippen LogP contribution in [0.1, 0.15) is 5.56 Å². The van der Waals surface area contributed by atoms with Crippen molar-refractivity contribution in [3.63, 3.8) is 0 Å². The predicted molar refractivity (Wildman–Crippen MR) is 89.6 cm³/mol. The van der Waals surface area contributed by atoms with Gasteiger partial charge in [0.05, 0.1) is 6.21 Å². The van der Waals surface area contributed by atoms with E-state index in [4.69, 9.17) is 11.6 Å². The fraction of sp³-hybridized carbons (Fsp3) is 0.118. The lowest BCUT2D eigenvalue weighted by molar-refractivity contribution is -0.138. The minimum absolute atomic E-state index is 0.0131. The molecule has 1 fully saturated rings. The van der Waals surface area contributed by atoms with Gasteiger partial charge in [-0.3, -0.25) is 9.59 Å². The molecular weight excluding hydrogens is 314 g/mol. The van der Waals surface area contributed by atoms with Gasteiger partial charge in [0.25, 0.3) is 5.91 Å². The van der Waals surface area contributed by atoms with Crippen LogP contribution in [0, 0.1) is 0 Å². The van der Waals surface area contributed by atoms with Crippen LogP contribution in [0.5, 0.6) is 0 Å². The summed E-state index contributed by atoms with van der Waals surface area (Å²) in [6.45, 7) is -0.0847. The van der Waals surface area contributed by atoms with E-state index in [9.17, 15) is 9.59 Å². The molecule has 6 heteroatoms. The van der Waals surface area contributed by atoms with Gasteiger partial charge in [-0.05, 0) is 29.8 Å². The highest BCUT2D eigenvalue weighted by Gasteiger charge is 2.30. The zero-order chi connectivity index (χ0) is 16.2. The number of halogens is 1. The molecule has 0 atom stereocenters. The zero-order valence-electron chi connectivity index (χ0n) is 12.2. The first-order valence-electron chi connectivity index (χ1n) is 7.09. The summed E-state index contributed by atoms with van der Waals surface area (Å²) in [5, 5.41) is 5.93. The molecule has 0 N–H and O–H groups in total. The van der Waals surface area contributed by atoms with E-state index in [2.05, 4.69) is 5.10 Å². The van der Waals surface area contributed by atoms with E-state index < -0.39 is 0 Å². The molecule has 116 valence electrons. The Morgan fingerprint density at radius 3 is 2.30 bits per heavy atom. The molecule has 1 heterocycles. The predicted octanol–water partition coefficient (Wildman–Crippen LogP) is 2.55. The van der Waals surface area contributed by atoms with Crippen molar-refractivity contribution in [3.05, 3.63) is 65.2 Å². The first-order valence-corrected chi connectivity index (χ1v) is 7.46. The minimum atomic E-state index is -0.223. The van der Waals surface area contributed by atoms with E-state index in [1.54, 1.807) is 42.6 Å². The highest BCUT2D eigenvalue weighted by molar-refractivity contribution is 6.30. The van der Waals surface area contributed by atoms with E-state index in [-0.39, 0.29) is 24.9 Å². The third-order valence-electron chi connectivity index (χ3n) is 3.45. The molecule has 2 amide bonds. The average Bonchev–Trinajstić information content (AvgIpc) is 2.57. The molecule has 0 radical (unpaired) electrons. The number of carbonyl (C=O) groups excluding carboxylic acids is 2. The average molecular weight is 328 g/mol. The second kappa shape index (κ2) is 6.62. The van der Waals surface area contributed by atoms with Crippen molar-refractivity contribution in [2.75, 3.05) is 18.0 Å². The van der Waals surface area contributed by atoms with Crippen molar-refractivity contribution in [1.29, 1.82) is 0 Å². The standard InChI is InChI=1S/C17H14ClN3O2/c18-14-8-6-13(7-9-14)10-19-21-12-16(22)20(11-17(21)23)15-4-2-1-3-5-15/h1-10H,11-12H2/b19-10+. The largest absolute Gasteiger partial charge is 0.301 e. The van der Waals surface area contributed by atoms with Crippen LogP contribution in [-0.4, -0.2) is 36.1 Å². The summed E-state index contributed by atoms with van der Waals surface area (Å²) < 4.78 is 0. The van der Waals surface area contributed by atoms with Crippen LogP contribution in [0.15, 0.2) is 59.7 Å². The van der Waals surface area contributed by atoms with Gasteiger partial charge in [-0.1, -0.05) is 41.9 Å². The van der Waals surface area contributed by atoms with Crippen LogP contribution < -0.4 is 4.90 Å². The summed E-state index contributed by atoms with van der Waals surface area (Å²) in [5.74, 6) is -0.386. The molecule has 0 spiro atoms. The Bertz CT molecular complexity index is 744. The number of benzene rings is 2. The molecule has 23 heavy (non-hydrogen) atoms. The van der Waals surface area contributed by atoms with Crippen LogP contribution in [0.25, 0.3) is 0 Å². The third-order valence-corrected chi connectivity index (χ3v) is 3.70. The second-order valence-corrected chi connectivity index (χ2v) is 5.50. The highest BCUT2D eigenvalue weighted by Crippen LogP contribution is 2.17. The molecule has 0 saturated carbocycles. The number of hydrogen-bond acceptors (Lipinski definition) is 3. The molecule has 0 bridgehead atoms. The van der Waals surface area contributed by atoms with E-state index in [1.807, 2.05) is 18.2 Å². The number of para-hydroxylation sites is 1. The summed E-state index contributed by atoms with van der Waals surface area (Å²) in [5.41, 5.74) is 1.52. The van der Waals surface area contributed by atoms with Crippen LogP contribution in [-0.2, 0) is 9.59 Å². The number of nitrogens with zero attached hydrogens (tertiary/aromatic N) is 3. The van der Waals surface area contributed by atoms with Crippen LogP contribution in [0.3, 0.4) is 0 Å². The topological polar surface area (TPSA) is 53.0 Å². The lowest BCUT2D eigenvalue weighted by atomic mass is 10.2. The fourth-order valence-electron chi connectivity index (χ4n) is 2.24. The van der Waals surface area contributed by atoms with E-state index in [0.29, 0.717) is 10.7 Å². The van der Waals surface area contributed by atoms with E-state index in [0.717, 1.165) is 5.56 Å². The van der Waals surface area contributed by atoms with Crippen molar-refractivity contribution in [2.24, 2.45) is 5.10 Å². The number of amides is 2. The quantitative estimate of drug-likeness (QED) is 0.813. The summed E-state index contributed by atoms with van der Waals surface area (Å²) in [7, 11) is 0. The van der Waals surface area contributed by atoms with Crippen molar-refractivity contribution in [3.8, 4) is 0 Å². The smallest absolute Gasteiger partial charge is 0.263 e. The van der Waals surface area contributed by atoms with Crippen LogP contribution in [0.4, 0.5) is 5.69 Å². The summed E-state index contributed by atoms with van der Waals surface area (Å²) >= 11 is 5.82. The fourth-order valence-corrected chi connectivity index (χ4v) is 2.37. The Labute approximate surface area is 138 Å². The Morgan fingerprint density at radius 2 is 1.61 bits per heavy atom. The maximum absolute atomic E-state index is 12.2. The normalized spacial score (nSPS) is 15.5. The minimum Gasteiger partial charge on any atom is -0.301 e. The first kappa shape index (κ1) is 15.2. The van der Waals surface area contributed by atoms with Gasteiger partial charge in [0.2, 0.25) is 5.91 Å². The molecule has 2 aromatic carbocycles. The Kier molecular flexibility index (Phi) is 4.39. The van der Waals surface area contributed by atoms with E-state index in [1.165, 1.54) is 9.91 Å². The van der Waals surface area contributed by atoms with Gasteiger partial charge >= 0.3 is 0 Å². The third kappa shape index (κ3) is 3.57. The van der Waals surface area contributed by atoms with Gasteiger partial charge in [0, 0.05) is 10.7 Å². The van der Waals surface area contributed by atoms with Gasteiger partial charge < -0.3 is 4.90 Å². The molecule has 0 aliphatic carbocycles. The number of carbonyl (C=O) groups is 2. The van der Waals surface area contributed by atoms with Crippen molar-refractivity contribution >= 4 is 35.3 Å². The number of rotatable bonds is 3. The monoisotopic (exact) mass is 327 g/mol. The lowest BCUT2D eigenvalue weighted by Crippen LogP contribution is -2.52. The molecule has 1 aliphatic rings. The van der Waals surface area contributed by atoms with Gasteiger partial charge in [-0.2, -0.15) is 5.10 Å². The SMILES string of the molecule is O=C1CN(c2ccccc2)C(=O)CN1/N=C/c1ccc(Cl)cc1. The number of hydrazone groups is 1. The molecule has 2 aromatic rings. The van der Waals surface area contributed by atoms with Gasteiger partial charge in [-0.25, -0.2) is 5.01 Å². The number of piperazine rings is 1. The van der Waals surface area contributed by atoms with Crippen molar-refractivity contribution in [2.45, 2.75) is 0 Å². The van der Waals surface area contributed by atoms with Crippen molar-refractivity contribution < 1.29 is 9.59 Å². The molecule has 1 aliphatic heterocycles. The summed E-state index contributed by atoms with van der Waals surface area (Å²) in [6, 6.07) is 16.2. The maximum atomic E-state index is 12.2. The van der Waals surface area contributed by atoms with Gasteiger partial charge in [0.15, 0.2) is 0 Å². The molecular formula is C17H14ClN3O2. The summed E-state index contributed by atoms with van der Waals surface area (Å²) in [4.78, 5) is 25.9. The van der Waals surface area contributed by atoms with E-state index >= 15 is 0 Å². The summed E-state index contributed by atoms with van der Waals surface area (Å²) in [6.07, 6.45) is 1.54. The first-order chi connectivity index (χ1) is 11.1. The number of anilines is 1. The lowest BCUT2D eigenvalue weighted by Gasteiger charge is -2.31. The number of hydrogen-bond donors (Lipinski definition) is 0. The zero-order valence-corrected chi connectivity index (χ0v) is 13.0. The second-order valence-electron chi connectivity index (χ2n) is 5.06. The molecule has 3 rings (SSSR count). The van der Waals surface area contributed by atoms with Gasteiger partial charge in [0.1, 0.15) is 13.1 Å². The molecule has 1 saturated heterocycles. The highest BCUT2D eigenvalue weighted by atomic mass is 35.5. The van der Waals surface area contributed by atoms with Crippen LogP contribution in [0.2, 0.25) is 5.02 Å². The Morgan fingerprint density at radius 1 is 0.913 bits per heavy atom. The molecule has 0 unspecified atom stereocenters.